The predicted molar refractivity (Wildman–Crippen MR) is 150 cm³/mol. The molecule has 0 radical (unpaired) electrons. The van der Waals surface area contributed by atoms with E-state index in [-0.39, 0.29) is 18.3 Å². The Labute approximate surface area is 222 Å². The molecule has 36 heavy (non-hydrogen) atoms. The lowest BCUT2D eigenvalue weighted by atomic mass is 10.0. The Bertz CT molecular complexity index is 1330. The van der Waals surface area contributed by atoms with E-state index >= 15 is 0 Å². The van der Waals surface area contributed by atoms with Crippen LogP contribution >= 0.6 is 23.9 Å². The molecule has 0 bridgehead atoms. The molecular weight excluding hydrogens is 488 g/mol. The van der Waals surface area contributed by atoms with Crippen LogP contribution in [0.1, 0.15) is 33.5 Å². The maximum Gasteiger partial charge on any atom is 0.254 e. The molecule has 0 spiro atoms. The molecule has 4 aromatic rings. The lowest BCUT2D eigenvalue weighted by molar-refractivity contribution is 0.0751. The highest BCUT2D eigenvalue weighted by Crippen LogP contribution is 2.30. The van der Waals surface area contributed by atoms with Crippen molar-refractivity contribution < 1.29 is 4.79 Å². The van der Waals surface area contributed by atoms with Crippen molar-refractivity contribution >= 4 is 45.8 Å². The molecule has 0 atom stereocenters. The summed E-state index contributed by atoms with van der Waals surface area (Å²) in [5, 5.41) is 1.28. The van der Waals surface area contributed by atoms with Gasteiger partial charge in [0.1, 0.15) is 5.82 Å². The highest BCUT2D eigenvalue weighted by atomic mass is 35.5. The fourth-order valence-electron chi connectivity index (χ4n) is 5.30. The first-order valence-electron chi connectivity index (χ1n) is 12.5. The normalized spacial score (nSPS) is 15.7. The Hall–Kier alpha value is -2.93. The van der Waals surface area contributed by atoms with Gasteiger partial charge in [-0.15, -0.1) is 12.4 Å². The number of aromatic nitrogens is 1. The van der Waals surface area contributed by atoms with Gasteiger partial charge in [0.2, 0.25) is 0 Å². The van der Waals surface area contributed by atoms with Gasteiger partial charge < -0.3 is 9.80 Å². The standard InChI is InChI=1S/C29H30N4OS.ClH/c34-29(23-8-2-1-3-9-23)33-20-24-13-12-22(19-25(24)21-33)7-6-14-31-15-17-32(18-16-31)28-26-10-4-5-11-27(26)35-30-28;/h1-5,8-13,19H,6-7,14-18,20-21H2;1H. The number of aryl methyl sites for hydroxylation is 1. The van der Waals surface area contributed by atoms with Gasteiger partial charge in [-0.3, -0.25) is 9.69 Å². The number of nitrogens with zero attached hydrogens (tertiary/aromatic N) is 4. The number of hydrogen-bond acceptors (Lipinski definition) is 5. The van der Waals surface area contributed by atoms with Crippen LogP contribution in [-0.2, 0) is 19.5 Å². The molecule has 0 saturated carbocycles. The van der Waals surface area contributed by atoms with Crippen molar-refractivity contribution in [2.45, 2.75) is 25.9 Å². The number of carbonyl (C=O) groups is 1. The van der Waals surface area contributed by atoms with Crippen molar-refractivity contribution in [2.75, 3.05) is 37.6 Å². The first-order chi connectivity index (χ1) is 17.2. The van der Waals surface area contributed by atoms with Gasteiger partial charge in [0.15, 0.2) is 0 Å². The zero-order valence-corrected chi connectivity index (χ0v) is 21.9. The van der Waals surface area contributed by atoms with Crippen LogP contribution in [0.15, 0.2) is 72.8 Å². The van der Waals surface area contributed by atoms with Gasteiger partial charge in [0.05, 0.1) is 4.70 Å². The molecule has 5 nitrogen and oxygen atoms in total. The summed E-state index contributed by atoms with van der Waals surface area (Å²) in [7, 11) is 0. The number of halogens is 1. The zero-order chi connectivity index (χ0) is 23.6. The Kier molecular flexibility index (Phi) is 7.56. The van der Waals surface area contributed by atoms with Crippen molar-refractivity contribution in [1.82, 2.24) is 14.2 Å². The Morgan fingerprint density at radius 3 is 2.44 bits per heavy atom. The molecule has 186 valence electrons. The van der Waals surface area contributed by atoms with Gasteiger partial charge in [-0.05, 0) is 71.9 Å². The van der Waals surface area contributed by atoms with E-state index in [0.29, 0.717) is 13.1 Å². The van der Waals surface area contributed by atoms with Crippen LogP contribution in [0.5, 0.6) is 0 Å². The quantitative estimate of drug-likeness (QED) is 0.332. The molecule has 0 aliphatic carbocycles. The summed E-state index contributed by atoms with van der Waals surface area (Å²) in [5.74, 6) is 1.27. The third kappa shape index (κ3) is 5.12. The summed E-state index contributed by atoms with van der Waals surface area (Å²) in [6.45, 7) is 6.81. The third-order valence-electron chi connectivity index (χ3n) is 7.27. The van der Waals surface area contributed by atoms with Gasteiger partial charge in [-0.1, -0.05) is 48.5 Å². The molecule has 7 heteroatoms. The smallest absolute Gasteiger partial charge is 0.254 e. The second kappa shape index (κ2) is 11.0. The highest BCUT2D eigenvalue weighted by molar-refractivity contribution is 7.13. The summed E-state index contributed by atoms with van der Waals surface area (Å²) < 4.78 is 6.00. The minimum absolute atomic E-state index is 0. The third-order valence-corrected chi connectivity index (χ3v) is 8.09. The van der Waals surface area contributed by atoms with E-state index in [9.17, 15) is 4.79 Å². The molecule has 1 amide bonds. The Morgan fingerprint density at radius 2 is 1.61 bits per heavy atom. The van der Waals surface area contributed by atoms with Gasteiger partial charge in [0, 0.05) is 50.2 Å². The SMILES string of the molecule is Cl.O=C(c1ccccc1)N1Cc2ccc(CCCN3CCN(c4nsc5ccccc45)CC3)cc2C1. The maximum atomic E-state index is 12.8. The van der Waals surface area contributed by atoms with E-state index in [0.717, 1.165) is 56.9 Å². The number of rotatable bonds is 6. The minimum Gasteiger partial charge on any atom is -0.353 e. The van der Waals surface area contributed by atoms with Crippen LogP contribution in [0.2, 0.25) is 0 Å². The summed E-state index contributed by atoms with van der Waals surface area (Å²) >= 11 is 1.60. The molecular formula is C29H31ClN4OS. The van der Waals surface area contributed by atoms with Gasteiger partial charge in [0.25, 0.3) is 5.91 Å². The minimum atomic E-state index is 0. The first-order valence-corrected chi connectivity index (χ1v) is 13.3. The molecule has 2 aliphatic heterocycles. The van der Waals surface area contributed by atoms with Gasteiger partial charge in [-0.25, -0.2) is 0 Å². The van der Waals surface area contributed by atoms with E-state index in [4.69, 9.17) is 4.37 Å². The van der Waals surface area contributed by atoms with Crippen LogP contribution in [0, 0.1) is 0 Å². The van der Waals surface area contributed by atoms with Crippen LogP contribution < -0.4 is 4.90 Å². The number of piperazine rings is 1. The first kappa shape index (κ1) is 24.8. The number of benzene rings is 3. The summed E-state index contributed by atoms with van der Waals surface area (Å²) in [5.41, 5.74) is 4.73. The summed E-state index contributed by atoms with van der Waals surface area (Å²) in [6.07, 6.45) is 2.24. The number of fused-ring (bicyclic) bond motifs is 2. The van der Waals surface area contributed by atoms with Crippen molar-refractivity contribution in [3.63, 3.8) is 0 Å². The molecule has 0 unspecified atom stereocenters. The maximum absolute atomic E-state index is 12.8. The van der Waals surface area contributed by atoms with Crippen molar-refractivity contribution in [3.05, 3.63) is 95.1 Å². The monoisotopic (exact) mass is 518 g/mol. The van der Waals surface area contributed by atoms with Gasteiger partial charge >= 0.3 is 0 Å². The summed E-state index contributed by atoms with van der Waals surface area (Å²) in [6, 6.07) is 24.9. The molecule has 3 heterocycles. The molecule has 1 saturated heterocycles. The second-order valence-electron chi connectivity index (χ2n) is 9.56. The fraction of sp³-hybridized carbons (Fsp3) is 0.310. The van der Waals surface area contributed by atoms with Gasteiger partial charge in [-0.2, -0.15) is 4.37 Å². The molecule has 1 aromatic heterocycles. The number of amides is 1. The largest absolute Gasteiger partial charge is 0.353 e. The zero-order valence-electron chi connectivity index (χ0n) is 20.3. The Morgan fingerprint density at radius 1 is 0.861 bits per heavy atom. The average molecular weight is 519 g/mol. The molecule has 2 aliphatic rings. The number of carbonyl (C=O) groups excluding carboxylic acids is 1. The molecule has 6 rings (SSSR count). The lowest BCUT2D eigenvalue weighted by Gasteiger charge is -2.35. The van der Waals surface area contributed by atoms with Crippen molar-refractivity contribution in [3.8, 4) is 0 Å². The van der Waals surface area contributed by atoms with E-state index in [2.05, 4.69) is 52.3 Å². The van der Waals surface area contributed by atoms with Crippen molar-refractivity contribution in [2.24, 2.45) is 0 Å². The summed E-state index contributed by atoms with van der Waals surface area (Å²) in [4.78, 5) is 19.8. The van der Waals surface area contributed by atoms with E-state index in [1.165, 1.54) is 26.8 Å². The van der Waals surface area contributed by atoms with E-state index < -0.39 is 0 Å². The Balaban J connectivity index is 0.00000267. The molecule has 3 aromatic carbocycles. The molecule has 0 N–H and O–H groups in total. The fourth-order valence-corrected chi connectivity index (χ4v) is 6.10. The van der Waals surface area contributed by atoms with Crippen LogP contribution in [0.4, 0.5) is 5.82 Å². The number of hydrogen-bond donors (Lipinski definition) is 0. The van der Waals surface area contributed by atoms with Crippen LogP contribution in [0.25, 0.3) is 10.1 Å². The van der Waals surface area contributed by atoms with Crippen LogP contribution in [0.3, 0.4) is 0 Å². The topological polar surface area (TPSA) is 39.7 Å². The number of anilines is 1. The van der Waals surface area contributed by atoms with E-state index in [1.54, 1.807) is 11.5 Å². The predicted octanol–water partition coefficient (Wildman–Crippen LogP) is 5.63. The van der Waals surface area contributed by atoms with Crippen LogP contribution in [-0.4, -0.2) is 52.8 Å². The lowest BCUT2D eigenvalue weighted by Crippen LogP contribution is -2.46. The molecule has 1 fully saturated rings. The van der Waals surface area contributed by atoms with E-state index in [1.807, 2.05) is 35.2 Å². The van der Waals surface area contributed by atoms with Crippen molar-refractivity contribution in [1.29, 1.82) is 0 Å². The highest BCUT2D eigenvalue weighted by Gasteiger charge is 2.24. The second-order valence-corrected chi connectivity index (χ2v) is 10.4. The average Bonchev–Trinajstić information content (AvgIpc) is 3.53.